The van der Waals surface area contributed by atoms with Crippen LogP contribution in [-0.4, -0.2) is 44.5 Å². The molecule has 0 spiro atoms. The van der Waals surface area contributed by atoms with Gasteiger partial charge in [-0.2, -0.15) is 0 Å². The van der Waals surface area contributed by atoms with E-state index in [-0.39, 0.29) is 0 Å². The Kier molecular flexibility index (Phi) is 5.25. The molecule has 2 N–H and O–H groups in total. The van der Waals surface area contributed by atoms with E-state index in [4.69, 9.17) is 19.2 Å². The predicted octanol–water partition coefficient (Wildman–Crippen LogP) is 2.22. The Balaban J connectivity index is 1.38. The predicted molar refractivity (Wildman–Crippen MR) is 96.3 cm³/mol. The standard InChI is InChI=1S/C19H27N3O3/c1-3-16(23-8-1)13-21-19(22-15-5-6-15)20-12-14-4-7-17-18(11-14)25-10-2-9-24-17/h4,7,11,15-16H,1-3,5-6,8-10,12-13H2,(H2,20,21,22). The molecule has 0 radical (unpaired) electrons. The fourth-order valence-corrected chi connectivity index (χ4v) is 3.07. The van der Waals surface area contributed by atoms with Crippen molar-refractivity contribution in [2.75, 3.05) is 26.4 Å². The number of aliphatic imine (C=N–C) groups is 1. The number of hydrogen-bond donors (Lipinski definition) is 2. The van der Waals surface area contributed by atoms with Crippen molar-refractivity contribution in [3.63, 3.8) is 0 Å². The Bertz CT molecular complexity index is 610. The van der Waals surface area contributed by atoms with Gasteiger partial charge in [0, 0.05) is 25.6 Å². The van der Waals surface area contributed by atoms with Crippen LogP contribution in [0, 0.1) is 0 Å². The molecule has 25 heavy (non-hydrogen) atoms. The van der Waals surface area contributed by atoms with Gasteiger partial charge in [-0.05, 0) is 43.4 Å². The highest BCUT2D eigenvalue weighted by atomic mass is 16.5. The summed E-state index contributed by atoms with van der Waals surface area (Å²) in [6.45, 7) is 3.74. The Morgan fingerprint density at radius 1 is 1.04 bits per heavy atom. The average Bonchev–Trinajstić information content (AvgIpc) is 3.35. The second-order valence-electron chi connectivity index (χ2n) is 6.93. The van der Waals surface area contributed by atoms with Crippen molar-refractivity contribution in [1.29, 1.82) is 0 Å². The third-order valence-corrected chi connectivity index (χ3v) is 4.67. The molecule has 2 aliphatic heterocycles. The summed E-state index contributed by atoms with van der Waals surface area (Å²) in [7, 11) is 0. The van der Waals surface area contributed by atoms with Crippen LogP contribution < -0.4 is 20.1 Å². The Hall–Kier alpha value is -1.95. The number of guanidine groups is 1. The molecule has 0 amide bonds. The first kappa shape index (κ1) is 16.5. The smallest absolute Gasteiger partial charge is 0.191 e. The second-order valence-corrected chi connectivity index (χ2v) is 6.93. The molecule has 2 fully saturated rings. The maximum absolute atomic E-state index is 5.76. The van der Waals surface area contributed by atoms with Crippen LogP contribution in [0.25, 0.3) is 0 Å². The van der Waals surface area contributed by atoms with Crippen LogP contribution in [-0.2, 0) is 11.3 Å². The van der Waals surface area contributed by atoms with Gasteiger partial charge in [0.2, 0.25) is 0 Å². The zero-order valence-electron chi connectivity index (χ0n) is 14.6. The quantitative estimate of drug-likeness (QED) is 0.633. The van der Waals surface area contributed by atoms with E-state index in [0.717, 1.165) is 55.4 Å². The number of hydrogen-bond acceptors (Lipinski definition) is 4. The van der Waals surface area contributed by atoms with Crippen molar-refractivity contribution in [2.45, 2.75) is 50.8 Å². The summed E-state index contributed by atoms with van der Waals surface area (Å²) in [4.78, 5) is 4.75. The molecule has 136 valence electrons. The molecule has 6 heteroatoms. The first-order chi connectivity index (χ1) is 12.4. The van der Waals surface area contributed by atoms with E-state index < -0.39 is 0 Å². The molecule has 6 nitrogen and oxygen atoms in total. The number of rotatable bonds is 5. The zero-order valence-corrected chi connectivity index (χ0v) is 14.6. The monoisotopic (exact) mass is 345 g/mol. The lowest BCUT2D eigenvalue weighted by Gasteiger charge is -2.15. The highest BCUT2D eigenvalue weighted by Gasteiger charge is 2.23. The van der Waals surface area contributed by atoms with Crippen molar-refractivity contribution >= 4 is 5.96 Å². The number of benzene rings is 1. The lowest BCUT2D eigenvalue weighted by Crippen LogP contribution is -2.42. The number of fused-ring (bicyclic) bond motifs is 1. The summed E-state index contributed by atoms with van der Waals surface area (Å²) in [5, 5.41) is 6.92. The molecule has 0 aromatic heterocycles. The summed E-state index contributed by atoms with van der Waals surface area (Å²) in [5.41, 5.74) is 1.12. The van der Waals surface area contributed by atoms with Gasteiger partial charge in [-0.25, -0.2) is 4.99 Å². The minimum atomic E-state index is 0.309. The molecule has 1 saturated carbocycles. The first-order valence-electron chi connectivity index (χ1n) is 9.42. The third kappa shape index (κ3) is 4.78. The van der Waals surface area contributed by atoms with Crippen molar-refractivity contribution in [3.05, 3.63) is 23.8 Å². The molecular formula is C19H27N3O3. The van der Waals surface area contributed by atoms with Gasteiger partial charge in [-0.15, -0.1) is 0 Å². The van der Waals surface area contributed by atoms with Gasteiger partial charge in [0.15, 0.2) is 17.5 Å². The van der Waals surface area contributed by atoms with Crippen LogP contribution in [0.3, 0.4) is 0 Å². The molecule has 1 aromatic carbocycles. The number of nitrogens with zero attached hydrogens (tertiary/aromatic N) is 1. The lowest BCUT2D eigenvalue weighted by molar-refractivity contribution is 0.113. The molecule has 1 saturated heterocycles. The largest absolute Gasteiger partial charge is 0.490 e. The van der Waals surface area contributed by atoms with Crippen molar-refractivity contribution in [3.8, 4) is 11.5 Å². The fraction of sp³-hybridized carbons (Fsp3) is 0.632. The van der Waals surface area contributed by atoms with Crippen molar-refractivity contribution < 1.29 is 14.2 Å². The van der Waals surface area contributed by atoms with Gasteiger partial charge in [0.25, 0.3) is 0 Å². The van der Waals surface area contributed by atoms with E-state index in [1.807, 2.05) is 12.1 Å². The van der Waals surface area contributed by atoms with E-state index in [9.17, 15) is 0 Å². The van der Waals surface area contributed by atoms with Gasteiger partial charge < -0.3 is 24.8 Å². The number of nitrogens with one attached hydrogen (secondary N) is 2. The van der Waals surface area contributed by atoms with Gasteiger partial charge in [0.05, 0.1) is 25.9 Å². The molecule has 1 unspecified atom stereocenters. The topological polar surface area (TPSA) is 64.1 Å². The Morgan fingerprint density at radius 2 is 1.92 bits per heavy atom. The summed E-state index contributed by atoms with van der Waals surface area (Å²) in [6, 6.07) is 6.66. The molecule has 3 aliphatic rings. The van der Waals surface area contributed by atoms with Crippen LogP contribution >= 0.6 is 0 Å². The maximum Gasteiger partial charge on any atom is 0.191 e. The normalized spacial score (nSPS) is 23.2. The molecule has 1 atom stereocenters. The van der Waals surface area contributed by atoms with E-state index in [0.29, 0.717) is 31.9 Å². The van der Waals surface area contributed by atoms with Crippen LogP contribution in [0.15, 0.2) is 23.2 Å². The third-order valence-electron chi connectivity index (χ3n) is 4.67. The minimum Gasteiger partial charge on any atom is -0.490 e. The SMILES string of the molecule is c1cc2c(cc1CN=C(NCC1CCCO1)NC1CC1)OCCCO2. The van der Waals surface area contributed by atoms with E-state index in [1.165, 1.54) is 12.8 Å². The van der Waals surface area contributed by atoms with Crippen LogP contribution in [0.5, 0.6) is 11.5 Å². The first-order valence-corrected chi connectivity index (χ1v) is 9.42. The fourth-order valence-electron chi connectivity index (χ4n) is 3.07. The van der Waals surface area contributed by atoms with Crippen molar-refractivity contribution in [2.24, 2.45) is 4.99 Å². The lowest BCUT2D eigenvalue weighted by atomic mass is 10.2. The Morgan fingerprint density at radius 3 is 2.72 bits per heavy atom. The highest BCUT2D eigenvalue weighted by molar-refractivity contribution is 5.80. The van der Waals surface area contributed by atoms with E-state index in [2.05, 4.69) is 16.7 Å². The minimum absolute atomic E-state index is 0.309. The Labute approximate surface area is 148 Å². The molecule has 1 aliphatic carbocycles. The van der Waals surface area contributed by atoms with Gasteiger partial charge in [-0.3, -0.25) is 0 Å². The summed E-state index contributed by atoms with van der Waals surface area (Å²) in [6.07, 6.45) is 5.97. The van der Waals surface area contributed by atoms with E-state index >= 15 is 0 Å². The molecule has 0 bridgehead atoms. The molecule has 4 rings (SSSR count). The molecule has 2 heterocycles. The number of ether oxygens (including phenoxy) is 3. The zero-order chi connectivity index (χ0) is 16.9. The highest BCUT2D eigenvalue weighted by Crippen LogP contribution is 2.30. The molecular weight excluding hydrogens is 318 g/mol. The van der Waals surface area contributed by atoms with E-state index in [1.54, 1.807) is 0 Å². The summed E-state index contributed by atoms with van der Waals surface area (Å²) >= 11 is 0. The molecule has 1 aromatic rings. The van der Waals surface area contributed by atoms with Gasteiger partial charge in [-0.1, -0.05) is 6.07 Å². The van der Waals surface area contributed by atoms with Crippen LogP contribution in [0.2, 0.25) is 0 Å². The van der Waals surface area contributed by atoms with Crippen LogP contribution in [0.1, 0.15) is 37.7 Å². The van der Waals surface area contributed by atoms with Gasteiger partial charge >= 0.3 is 0 Å². The second kappa shape index (κ2) is 7.95. The summed E-state index contributed by atoms with van der Waals surface area (Å²) in [5.74, 6) is 2.54. The summed E-state index contributed by atoms with van der Waals surface area (Å²) < 4.78 is 17.1. The van der Waals surface area contributed by atoms with Crippen molar-refractivity contribution in [1.82, 2.24) is 10.6 Å². The maximum atomic E-state index is 5.76. The van der Waals surface area contributed by atoms with Crippen LogP contribution in [0.4, 0.5) is 0 Å². The van der Waals surface area contributed by atoms with Gasteiger partial charge in [0.1, 0.15) is 0 Å². The average molecular weight is 345 g/mol.